The van der Waals surface area contributed by atoms with Crippen LogP contribution in [0.3, 0.4) is 0 Å². The number of nitrogens with one attached hydrogen (secondary N) is 1. The van der Waals surface area contributed by atoms with Crippen LogP contribution in [0.1, 0.15) is 13.8 Å². The molecule has 1 unspecified atom stereocenters. The van der Waals surface area contributed by atoms with Gasteiger partial charge in [-0.2, -0.15) is 0 Å². The van der Waals surface area contributed by atoms with E-state index in [0.29, 0.717) is 0 Å². The van der Waals surface area contributed by atoms with E-state index in [-0.39, 0.29) is 34.1 Å². The van der Waals surface area contributed by atoms with Crippen LogP contribution in [0.2, 0.25) is 5.02 Å². The average Bonchev–Trinajstić information content (AvgIpc) is 2.35. The zero-order valence-electron chi connectivity index (χ0n) is 11.0. The van der Waals surface area contributed by atoms with Gasteiger partial charge in [-0.1, -0.05) is 25.4 Å². The molecule has 1 atom stereocenters. The molecule has 0 fully saturated rings. The molecule has 1 aromatic carbocycles. The van der Waals surface area contributed by atoms with Gasteiger partial charge in [0.2, 0.25) is 10.0 Å². The summed E-state index contributed by atoms with van der Waals surface area (Å²) in [5.41, 5.74) is 5.41. The van der Waals surface area contributed by atoms with Gasteiger partial charge in [0.05, 0.1) is 9.95 Å². The Morgan fingerprint density at radius 3 is 2.55 bits per heavy atom. The Bertz CT molecular complexity index is 604. The molecule has 1 rings (SSSR count). The topological polar surface area (TPSA) is 115 Å². The molecule has 0 amide bonds. The number of hydrogen-bond donors (Lipinski definition) is 2. The maximum absolute atomic E-state index is 12.1. The lowest BCUT2D eigenvalue weighted by Gasteiger charge is -2.16. The van der Waals surface area contributed by atoms with Crippen LogP contribution in [0.15, 0.2) is 23.1 Å². The molecule has 0 heterocycles. The fourth-order valence-electron chi connectivity index (χ4n) is 1.33. The number of sulfonamides is 1. The molecule has 20 heavy (non-hydrogen) atoms. The van der Waals surface area contributed by atoms with Gasteiger partial charge in [0.15, 0.2) is 0 Å². The quantitative estimate of drug-likeness (QED) is 0.608. The average molecular weight is 322 g/mol. The van der Waals surface area contributed by atoms with Gasteiger partial charge in [-0.05, 0) is 12.0 Å². The van der Waals surface area contributed by atoms with Crippen molar-refractivity contribution in [1.82, 2.24) is 4.72 Å². The SMILES string of the molecule is CC(C)C(N)CNS(=O)(=O)c1cc([N+](=O)[O-])ccc1Cl. The number of hydrogen-bond acceptors (Lipinski definition) is 5. The van der Waals surface area contributed by atoms with Gasteiger partial charge in [-0.3, -0.25) is 10.1 Å². The maximum atomic E-state index is 12.1. The van der Waals surface area contributed by atoms with Crippen LogP contribution in [0.4, 0.5) is 5.69 Å². The summed E-state index contributed by atoms with van der Waals surface area (Å²) < 4.78 is 26.5. The first-order valence-corrected chi connectivity index (χ1v) is 7.70. The highest BCUT2D eigenvalue weighted by Crippen LogP contribution is 2.25. The molecule has 0 aliphatic rings. The van der Waals surface area contributed by atoms with E-state index in [1.165, 1.54) is 6.07 Å². The second-order valence-corrected chi connectivity index (χ2v) is 6.77. The molecular formula is C11H16ClN3O4S. The van der Waals surface area contributed by atoms with Gasteiger partial charge in [0, 0.05) is 24.7 Å². The minimum Gasteiger partial charge on any atom is -0.326 e. The highest BCUT2D eigenvalue weighted by molar-refractivity contribution is 7.89. The number of non-ortho nitro benzene ring substituents is 1. The van der Waals surface area contributed by atoms with E-state index < -0.39 is 14.9 Å². The molecule has 0 radical (unpaired) electrons. The fraction of sp³-hybridized carbons (Fsp3) is 0.455. The molecule has 0 aromatic heterocycles. The van der Waals surface area contributed by atoms with Crippen molar-refractivity contribution in [1.29, 1.82) is 0 Å². The molecule has 0 spiro atoms. The summed E-state index contributed by atoms with van der Waals surface area (Å²) in [6.07, 6.45) is 0. The van der Waals surface area contributed by atoms with E-state index in [2.05, 4.69) is 4.72 Å². The lowest BCUT2D eigenvalue weighted by Crippen LogP contribution is -2.40. The fourth-order valence-corrected chi connectivity index (χ4v) is 2.92. The van der Waals surface area contributed by atoms with Crippen molar-refractivity contribution in [3.05, 3.63) is 33.3 Å². The van der Waals surface area contributed by atoms with Gasteiger partial charge in [0.1, 0.15) is 4.90 Å². The Balaban J connectivity index is 3.03. The molecule has 0 aliphatic heterocycles. The molecule has 0 bridgehead atoms. The number of rotatable bonds is 6. The number of nitro benzene ring substituents is 1. The highest BCUT2D eigenvalue weighted by atomic mass is 35.5. The van der Waals surface area contributed by atoms with E-state index >= 15 is 0 Å². The molecule has 9 heteroatoms. The lowest BCUT2D eigenvalue weighted by atomic mass is 10.1. The third kappa shape index (κ3) is 4.14. The Labute approximate surface area is 122 Å². The lowest BCUT2D eigenvalue weighted by molar-refractivity contribution is -0.385. The second-order valence-electron chi connectivity index (χ2n) is 4.63. The van der Waals surface area contributed by atoms with E-state index in [1.807, 2.05) is 13.8 Å². The molecule has 3 N–H and O–H groups in total. The standard InChI is InChI=1S/C11H16ClN3O4S/c1-7(2)10(13)6-14-20(18,19)11-5-8(15(16)17)3-4-9(11)12/h3-5,7,10,14H,6,13H2,1-2H3. The number of nitro groups is 1. The summed E-state index contributed by atoms with van der Waals surface area (Å²) in [4.78, 5) is 9.66. The predicted octanol–water partition coefficient (Wildman–Crippen LogP) is 1.51. The summed E-state index contributed by atoms with van der Waals surface area (Å²) in [5, 5.41) is 10.6. The van der Waals surface area contributed by atoms with Crippen molar-refractivity contribution in [2.45, 2.75) is 24.8 Å². The molecule has 112 valence electrons. The van der Waals surface area contributed by atoms with Crippen LogP contribution in [-0.2, 0) is 10.0 Å². The molecule has 0 saturated carbocycles. The molecule has 1 aromatic rings. The summed E-state index contributed by atoms with van der Waals surface area (Å²) >= 11 is 5.79. The zero-order chi connectivity index (χ0) is 15.5. The number of benzene rings is 1. The first-order valence-electron chi connectivity index (χ1n) is 5.84. The van der Waals surface area contributed by atoms with Crippen LogP contribution in [0, 0.1) is 16.0 Å². The summed E-state index contributed by atoms with van der Waals surface area (Å²) in [7, 11) is -3.94. The van der Waals surface area contributed by atoms with Crippen molar-refractivity contribution in [2.24, 2.45) is 11.7 Å². The van der Waals surface area contributed by atoms with Crippen molar-refractivity contribution in [2.75, 3.05) is 6.54 Å². The zero-order valence-corrected chi connectivity index (χ0v) is 12.6. The van der Waals surface area contributed by atoms with Crippen LogP contribution in [-0.4, -0.2) is 25.9 Å². The second kappa shape index (κ2) is 6.49. The largest absolute Gasteiger partial charge is 0.326 e. The molecule has 7 nitrogen and oxygen atoms in total. The van der Waals surface area contributed by atoms with Crippen LogP contribution < -0.4 is 10.5 Å². The first-order chi connectivity index (χ1) is 9.15. The smallest absolute Gasteiger partial charge is 0.270 e. The molecule has 0 saturated heterocycles. The van der Waals surface area contributed by atoms with Gasteiger partial charge in [-0.25, -0.2) is 13.1 Å². The third-order valence-electron chi connectivity index (χ3n) is 2.78. The van der Waals surface area contributed by atoms with Gasteiger partial charge in [0.25, 0.3) is 5.69 Å². The third-order valence-corrected chi connectivity index (χ3v) is 4.69. The van der Waals surface area contributed by atoms with Gasteiger partial charge in [-0.15, -0.1) is 0 Å². The minimum absolute atomic E-state index is 0.0268. The number of halogens is 1. The monoisotopic (exact) mass is 321 g/mol. The van der Waals surface area contributed by atoms with Crippen molar-refractivity contribution >= 4 is 27.3 Å². The molecule has 0 aliphatic carbocycles. The van der Waals surface area contributed by atoms with Crippen LogP contribution in [0.5, 0.6) is 0 Å². The van der Waals surface area contributed by atoms with Gasteiger partial charge >= 0.3 is 0 Å². The van der Waals surface area contributed by atoms with Crippen molar-refractivity contribution in [3.63, 3.8) is 0 Å². The highest BCUT2D eigenvalue weighted by Gasteiger charge is 2.22. The van der Waals surface area contributed by atoms with E-state index in [1.54, 1.807) is 0 Å². The predicted molar refractivity (Wildman–Crippen MR) is 76.1 cm³/mol. The Kier molecular flexibility index (Phi) is 5.46. The normalized spacial score (nSPS) is 13.4. The van der Waals surface area contributed by atoms with Crippen molar-refractivity contribution in [3.8, 4) is 0 Å². The Morgan fingerprint density at radius 2 is 2.05 bits per heavy atom. The number of nitrogens with two attached hydrogens (primary N) is 1. The first kappa shape index (κ1) is 16.8. The van der Waals surface area contributed by atoms with Crippen molar-refractivity contribution < 1.29 is 13.3 Å². The summed E-state index contributed by atoms with van der Waals surface area (Å²) in [6, 6.07) is 2.88. The summed E-state index contributed by atoms with van der Waals surface area (Å²) in [6.45, 7) is 3.75. The Morgan fingerprint density at radius 1 is 1.45 bits per heavy atom. The number of nitrogens with zero attached hydrogens (tertiary/aromatic N) is 1. The molecular weight excluding hydrogens is 306 g/mol. The van der Waals surface area contributed by atoms with Crippen LogP contribution in [0.25, 0.3) is 0 Å². The minimum atomic E-state index is -3.94. The van der Waals surface area contributed by atoms with E-state index in [4.69, 9.17) is 17.3 Å². The summed E-state index contributed by atoms with van der Waals surface area (Å²) in [5.74, 6) is 0.0956. The van der Waals surface area contributed by atoms with E-state index in [0.717, 1.165) is 12.1 Å². The van der Waals surface area contributed by atoms with Crippen LogP contribution >= 0.6 is 11.6 Å². The maximum Gasteiger partial charge on any atom is 0.270 e. The van der Waals surface area contributed by atoms with E-state index in [9.17, 15) is 18.5 Å². The Hall–Kier alpha value is -1.22. The van der Waals surface area contributed by atoms with Gasteiger partial charge < -0.3 is 5.73 Å².